The van der Waals surface area contributed by atoms with Gasteiger partial charge in [0.15, 0.2) is 6.61 Å². The van der Waals surface area contributed by atoms with Gasteiger partial charge in [0.25, 0.3) is 5.91 Å². The van der Waals surface area contributed by atoms with Gasteiger partial charge in [-0.15, -0.1) is 0 Å². The fourth-order valence-corrected chi connectivity index (χ4v) is 3.98. The Balaban J connectivity index is 1.39. The molecule has 0 spiro atoms. The molecule has 4 rings (SSSR count). The van der Waals surface area contributed by atoms with Gasteiger partial charge in [-0.1, -0.05) is 17.7 Å². The molecule has 7 nitrogen and oxygen atoms in total. The van der Waals surface area contributed by atoms with Crippen molar-refractivity contribution in [2.75, 3.05) is 13.7 Å². The number of hydrogen-bond donors (Lipinski definition) is 3. The molecule has 30 heavy (non-hydrogen) atoms. The standard InChI is InChI=1S/C22H25ClN4O3/c1-3-27-18-5-4-6-20(29-2)16(18)11-19(27)17-12-21(26-25-17)24-22(28)13-30-15-9-7-14(23)8-10-15/h4-11,17,21,25-26H,3,12-13H2,1-2H3,(H,24,28). The SMILES string of the molecule is CCn1c(C2CC(NC(=O)COc3ccc(Cl)cc3)NN2)cc2c(OC)cccc21. The molecule has 1 saturated heterocycles. The summed E-state index contributed by atoms with van der Waals surface area (Å²) in [5.41, 5.74) is 8.75. The largest absolute Gasteiger partial charge is 0.496 e. The second-order valence-corrected chi connectivity index (χ2v) is 7.58. The van der Waals surface area contributed by atoms with E-state index < -0.39 is 0 Å². The van der Waals surface area contributed by atoms with Crippen LogP contribution in [-0.4, -0.2) is 30.4 Å². The number of nitrogens with zero attached hydrogens (tertiary/aromatic N) is 1. The minimum atomic E-state index is -0.193. The molecular weight excluding hydrogens is 404 g/mol. The Morgan fingerprint density at radius 1 is 1.23 bits per heavy atom. The summed E-state index contributed by atoms with van der Waals surface area (Å²) in [6.45, 7) is 2.91. The lowest BCUT2D eigenvalue weighted by atomic mass is 10.1. The maximum atomic E-state index is 12.3. The molecule has 1 amide bonds. The molecule has 2 heterocycles. The molecule has 1 aliphatic rings. The normalized spacial score (nSPS) is 18.5. The number of carbonyl (C=O) groups excluding carboxylic acids is 1. The Labute approximate surface area is 180 Å². The summed E-state index contributed by atoms with van der Waals surface area (Å²) in [4.78, 5) is 12.3. The molecule has 2 unspecified atom stereocenters. The third-order valence-corrected chi connectivity index (χ3v) is 5.50. The van der Waals surface area contributed by atoms with E-state index in [0.29, 0.717) is 17.2 Å². The zero-order valence-corrected chi connectivity index (χ0v) is 17.7. The summed E-state index contributed by atoms with van der Waals surface area (Å²) in [5, 5.41) is 4.67. The zero-order chi connectivity index (χ0) is 21.1. The number of halogens is 1. The molecule has 0 bridgehead atoms. The topological polar surface area (TPSA) is 76.6 Å². The van der Waals surface area contributed by atoms with Gasteiger partial charge in [-0.25, -0.2) is 10.9 Å². The third-order valence-electron chi connectivity index (χ3n) is 5.25. The smallest absolute Gasteiger partial charge is 0.259 e. The number of ether oxygens (including phenoxy) is 2. The van der Waals surface area contributed by atoms with Gasteiger partial charge in [-0.05, 0) is 49.4 Å². The first kappa shape index (κ1) is 20.5. The number of aromatic nitrogens is 1. The molecule has 2 aromatic carbocycles. The van der Waals surface area contributed by atoms with Gasteiger partial charge >= 0.3 is 0 Å². The Morgan fingerprint density at radius 2 is 2.03 bits per heavy atom. The molecule has 0 aliphatic carbocycles. The number of hydrogen-bond acceptors (Lipinski definition) is 5. The molecule has 3 N–H and O–H groups in total. The van der Waals surface area contributed by atoms with Gasteiger partial charge in [0, 0.05) is 29.1 Å². The van der Waals surface area contributed by atoms with E-state index >= 15 is 0 Å². The van der Waals surface area contributed by atoms with Crippen molar-refractivity contribution in [3.63, 3.8) is 0 Å². The Hall–Kier alpha value is -2.74. The first-order valence-corrected chi connectivity index (χ1v) is 10.3. The lowest BCUT2D eigenvalue weighted by Crippen LogP contribution is -2.45. The number of nitrogens with one attached hydrogen (secondary N) is 3. The van der Waals surface area contributed by atoms with Crippen LogP contribution in [0.2, 0.25) is 5.02 Å². The average Bonchev–Trinajstić information content (AvgIpc) is 3.37. The van der Waals surface area contributed by atoms with Crippen molar-refractivity contribution in [3.05, 3.63) is 59.2 Å². The van der Waals surface area contributed by atoms with Crippen molar-refractivity contribution in [2.45, 2.75) is 32.1 Å². The quantitative estimate of drug-likeness (QED) is 0.537. The molecule has 8 heteroatoms. The van der Waals surface area contributed by atoms with E-state index in [4.69, 9.17) is 21.1 Å². The number of carbonyl (C=O) groups is 1. The highest BCUT2D eigenvalue weighted by molar-refractivity contribution is 6.30. The Morgan fingerprint density at radius 3 is 2.77 bits per heavy atom. The monoisotopic (exact) mass is 428 g/mol. The van der Waals surface area contributed by atoms with Gasteiger partial charge in [-0.2, -0.15) is 0 Å². The lowest BCUT2D eigenvalue weighted by molar-refractivity contribution is -0.123. The molecule has 1 aliphatic heterocycles. The summed E-state index contributed by atoms with van der Waals surface area (Å²) >= 11 is 5.86. The van der Waals surface area contributed by atoms with Gasteiger partial charge in [0.2, 0.25) is 0 Å². The minimum Gasteiger partial charge on any atom is -0.496 e. The van der Waals surface area contributed by atoms with Crippen LogP contribution in [-0.2, 0) is 11.3 Å². The summed E-state index contributed by atoms with van der Waals surface area (Å²) < 4.78 is 13.3. The molecule has 1 fully saturated rings. The second kappa shape index (κ2) is 8.95. The number of fused-ring (bicyclic) bond motifs is 1. The molecule has 3 aromatic rings. The van der Waals surface area contributed by atoms with E-state index in [9.17, 15) is 4.79 Å². The van der Waals surface area contributed by atoms with Crippen molar-refractivity contribution in [2.24, 2.45) is 0 Å². The van der Waals surface area contributed by atoms with Crippen molar-refractivity contribution in [3.8, 4) is 11.5 Å². The van der Waals surface area contributed by atoms with Crippen LogP contribution in [0.5, 0.6) is 11.5 Å². The first-order valence-electron chi connectivity index (χ1n) is 9.94. The highest BCUT2D eigenvalue weighted by atomic mass is 35.5. The number of aryl methyl sites for hydroxylation is 1. The minimum absolute atomic E-state index is 0.0586. The zero-order valence-electron chi connectivity index (χ0n) is 16.9. The fourth-order valence-electron chi connectivity index (χ4n) is 3.86. The van der Waals surface area contributed by atoms with Crippen LogP contribution < -0.4 is 25.6 Å². The van der Waals surface area contributed by atoms with E-state index in [1.165, 1.54) is 0 Å². The van der Waals surface area contributed by atoms with Crippen molar-refractivity contribution in [1.82, 2.24) is 20.7 Å². The number of rotatable bonds is 7. The first-order chi connectivity index (χ1) is 14.6. The molecule has 158 valence electrons. The fraction of sp³-hybridized carbons (Fsp3) is 0.318. The van der Waals surface area contributed by atoms with Crippen LogP contribution in [0.1, 0.15) is 25.1 Å². The number of benzene rings is 2. The van der Waals surface area contributed by atoms with E-state index in [1.54, 1.807) is 31.4 Å². The second-order valence-electron chi connectivity index (χ2n) is 7.15. The maximum absolute atomic E-state index is 12.3. The van der Waals surface area contributed by atoms with E-state index in [1.807, 2.05) is 12.1 Å². The average molecular weight is 429 g/mol. The summed E-state index contributed by atoms with van der Waals surface area (Å²) in [7, 11) is 1.69. The summed E-state index contributed by atoms with van der Waals surface area (Å²) in [6, 6.07) is 15.2. The van der Waals surface area contributed by atoms with E-state index in [-0.39, 0.29) is 24.7 Å². The van der Waals surface area contributed by atoms with Crippen molar-refractivity contribution >= 4 is 28.4 Å². The maximum Gasteiger partial charge on any atom is 0.259 e. The predicted octanol–water partition coefficient (Wildman–Crippen LogP) is 3.38. The summed E-state index contributed by atoms with van der Waals surface area (Å²) in [6.07, 6.45) is 0.521. The highest BCUT2D eigenvalue weighted by Gasteiger charge is 2.29. The van der Waals surface area contributed by atoms with Crippen LogP contribution in [0.4, 0.5) is 0 Å². The number of methoxy groups -OCH3 is 1. The predicted molar refractivity (Wildman–Crippen MR) is 117 cm³/mol. The van der Waals surface area contributed by atoms with Crippen LogP contribution in [0, 0.1) is 0 Å². The molecular formula is C22H25ClN4O3. The summed E-state index contributed by atoms with van der Waals surface area (Å²) in [5.74, 6) is 1.27. The van der Waals surface area contributed by atoms with Gasteiger partial charge in [0.1, 0.15) is 11.5 Å². The van der Waals surface area contributed by atoms with Crippen LogP contribution in [0.3, 0.4) is 0 Å². The number of amides is 1. The van der Waals surface area contributed by atoms with Crippen LogP contribution in [0.25, 0.3) is 10.9 Å². The van der Waals surface area contributed by atoms with Crippen molar-refractivity contribution < 1.29 is 14.3 Å². The highest BCUT2D eigenvalue weighted by Crippen LogP contribution is 2.33. The van der Waals surface area contributed by atoms with Crippen molar-refractivity contribution in [1.29, 1.82) is 0 Å². The van der Waals surface area contributed by atoms with Crippen LogP contribution >= 0.6 is 11.6 Å². The van der Waals surface area contributed by atoms with E-state index in [2.05, 4.69) is 39.8 Å². The molecule has 1 aromatic heterocycles. The van der Waals surface area contributed by atoms with Gasteiger partial charge < -0.3 is 19.4 Å². The lowest BCUT2D eigenvalue weighted by Gasteiger charge is -2.14. The van der Waals surface area contributed by atoms with E-state index in [0.717, 1.165) is 28.9 Å². The third kappa shape index (κ3) is 4.23. The number of hydrazine groups is 1. The van der Waals surface area contributed by atoms with Gasteiger partial charge in [-0.3, -0.25) is 4.79 Å². The molecule has 0 saturated carbocycles. The molecule has 0 radical (unpaired) electrons. The molecule has 2 atom stereocenters. The Kier molecular flexibility index (Phi) is 6.13. The van der Waals surface area contributed by atoms with Gasteiger partial charge in [0.05, 0.1) is 24.8 Å². The van der Waals surface area contributed by atoms with Crippen LogP contribution in [0.15, 0.2) is 48.5 Å². The Bertz CT molecular complexity index is 1030.